The molecule has 0 heterocycles. The van der Waals surface area contributed by atoms with Gasteiger partial charge in [0.25, 0.3) is 0 Å². The SMILES string of the molecule is CCCCCC/C=C\C/C=C\CCCCCCCC(=O)OCC(COC(=O)CCCCCCCCCCCCCCCCCCCCCCCC)OC(=O)CCCCCCCCCCCCCCCCCCCC. The molecule has 0 aromatic carbocycles. The average molecular weight is 1040 g/mol. The van der Waals surface area contributed by atoms with Crippen molar-refractivity contribution in [3.05, 3.63) is 24.3 Å². The van der Waals surface area contributed by atoms with Crippen LogP contribution in [0.4, 0.5) is 0 Å². The van der Waals surface area contributed by atoms with Crippen LogP contribution in [0.25, 0.3) is 0 Å². The Balaban J connectivity index is 4.29. The van der Waals surface area contributed by atoms with Gasteiger partial charge in [-0.3, -0.25) is 14.4 Å². The first kappa shape index (κ1) is 71.9. The van der Waals surface area contributed by atoms with Gasteiger partial charge in [0.1, 0.15) is 13.2 Å². The molecule has 6 heteroatoms. The predicted molar refractivity (Wildman–Crippen MR) is 321 cm³/mol. The number of hydrogen-bond acceptors (Lipinski definition) is 6. The van der Waals surface area contributed by atoms with E-state index in [9.17, 15) is 14.4 Å². The molecule has 0 radical (unpaired) electrons. The quantitative estimate of drug-likeness (QED) is 0.0261. The maximum atomic E-state index is 12.9. The van der Waals surface area contributed by atoms with E-state index in [1.165, 1.54) is 257 Å². The van der Waals surface area contributed by atoms with Crippen molar-refractivity contribution in [3.8, 4) is 0 Å². The van der Waals surface area contributed by atoms with Crippen molar-refractivity contribution in [2.24, 2.45) is 0 Å². The number of allylic oxidation sites excluding steroid dienone is 4. The van der Waals surface area contributed by atoms with Gasteiger partial charge >= 0.3 is 17.9 Å². The monoisotopic (exact) mass is 1040 g/mol. The third kappa shape index (κ3) is 60.8. The fourth-order valence-electron chi connectivity index (χ4n) is 10.2. The van der Waals surface area contributed by atoms with E-state index in [1.54, 1.807) is 0 Å². The highest BCUT2D eigenvalue weighted by Crippen LogP contribution is 2.18. The van der Waals surface area contributed by atoms with Gasteiger partial charge in [-0.15, -0.1) is 0 Å². The highest BCUT2D eigenvalue weighted by Gasteiger charge is 2.19. The van der Waals surface area contributed by atoms with Gasteiger partial charge in [0.05, 0.1) is 0 Å². The lowest BCUT2D eigenvalue weighted by atomic mass is 10.0. The zero-order valence-electron chi connectivity index (χ0n) is 50.1. The zero-order valence-corrected chi connectivity index (χ0v) is 50.1. The van der Waals surface area contributed by atoms with Crippen LogP contribution < -0.4 is 0 Å². The minimum atomic E-state index is -0.773. The number of ether oxygens (including phenoxy) is 3. The van der Waals surface area contributed by atoms with Crippen LogP contribution in [0.15, 0.2) is 24.3 Å². The Morgan fingerprint density at radius 1 is 0.270 bits per heavy atom. The molecule has 0 fully saturated rings. The first-order valence-corrected chi connectivity index (χ1v) is 33.3. The van der Waals surface area contributed by atoms with Gasteiger partial charge in [-0.1, -0.05) is 328 Å². The first-order chi connectivity index (χ1) is 36.5. The number of unbranched alkanes of at least 4 members (excludes halogenated alkanes) is 47. The second-order valence-electron chi connectivity index (χ2n) is 22.7. The van der Waals surface area contributed by atoms with Crippen molar-refractivity contribution in [2.75, 3.05) is 13.2 Å². The molecule has 0 amide bonds. The Labute approximate surface area is 462 Å². The van der Waals surface area contributed by atoms with Gasteiger partial charge in [-0.25, -0.2) is 0 Å². The van der Waals surface area contributed by atoms with Crippen LogP contribution in [0, 0.1) is 0 Å². The third-order valence-electron chi connectivity index (χ3n) is 15.2. The Hall–Kier alpha value is -2.11. The number of rotatable bonds is 62. The number of carbonyl (C=O) groups is 3. The van der Waals surface area contributed by atoms with Crippen molar-refractivity contribution in [1.29, 1.82) is 0 Å². The van der Waals surface area contributed by atoms with Crippen LogP contribution in [-0.2, 0) is 28.6 Å². The summed E-state index contributed by atoms with van der Waals surface area (Å²) in [5, 5.41) is 0. The van der Waals surface area contributed by atoms with Crippen molar-refractivity contribution in [2.45, 2.75) is 380 Å². The van der Waals surface area contributed by atoms with Crippen molar-refractivity contribution < 1.29 is 28.6 Å². The second-order valence-corrected chi connectivity index (χ2v) is 22.7. The fraction of sp³-hybridized carbons (Fsp3) is 0.897. The molecule has 0 rings (SSSR count). The maximum Gasteiger partial charge on any atom is 0.306 e. The van der Waals surface area contributed by atoms with Crippen LogP contribution >= 0.6 is 0 Å². The van der Waals surface area contributed by atoms with Gasteiger partial charge in [0.2, 0.25) is 0 Å². The van der Waals surface area contributed by atoms with E-state index in [1.807, 2.05) is 0 Å². The molecule has 1 unspecified atom stereocenters. The Morgan fingerprint density at radius 2 is 0.486 bits per heavy atom. The summed E-state index contributed by atoms with van der Waals surface area (Å²) in [5.74, 6) is -0.853. The van der Waals surface area contributed by atoms with Gasteiger partial charge in [-0.05, 0) is 51.4 Å². The largest absolute Gasteiger partial charge is 0.462 e. The highest BCUT2D eigenvalue weighted by molar-refractivity contribution is 5.71. The summed E-state index contributed by atoms with van der Waals surface area (Å²) in [6.45, 7) is 6.69. The van der Waals surface area contributed by atoms with Crippen LogP contribution in [0.1, 0.15) is 374 Å². The molecule has 0 aliphatic carbocycles. The lowest BCUT2D eigenvalue weighted by molar-refractivity contribution is -0.167. The van der Waals surface area contributed by atoms with Crippen LogP contribution in [0.3, 0.4) is 0 Å². The molecule has 0 N–H and O–H groups in total. The summed E-state index contributed by atoms with van der Waals surface area (Å²) < 4.78 is 17.0. The van der Waals surface area contributed by atoms with E-state index in [-0.39, 0.29) is 31.1 Å². The highest BCUT2D eigenvalue weighted by atomic mass is 16.6. The summed E-state index contributed by atoms with van der Waals surface area (Å²) in [6.07, 6.45) is 76.2. The van der Waals surface area contributed by atoms with E-state index in [0.717, 1.165) is 77.0 Å². The molecular formula is C68H128O6. The molecule has 0 aliphatic heterocycles. The van der Waals surface area contributed by atoms with Gasteiger partial charge in [0, 0.05) is 19.3 Å². The standard InChI is InChI=1S/C68H128O6/c1-4-7-10-13-16-19-22-25-28-31-33-34-35-36-38-40-43-46-49-52-55-58-61-67(70)73-64-65(63-72-66(69)60-57-54-51-48-45-42-39-30-27-24-21-18-15-12-9-6-3)74-68(71)62-59-56-53-50-47-44-41-37-32-29-26-23-20-17-14-11-8-5-2/h21,24,30,39,65H,4-20,22-23,25-29,31-38,40-64H2,1-3H3/b24-21-,39-30-. The number of carbonyl (C=O) groups excluding carboxylic acids is 3. The third-order valence-corrected chi connectivity index (χ3v) is 15.2. The summed E-state index contributed by atoms with van der Waals surface area (Å²) >= 11 is 0. The molecule has 1 atom stereocenters. The summed E-state index contributed by atoms with van der Waals surface area (Å²) in [5.41, 5.74) is 0. The molecule has 0 saturated carbocycles. The Morgan fingerprint density at radius 3 is 0.757 bits per heavy atom. The van der Waals surface area contributed by atoms with E-state index >= 15 is 0 Å². The summed E-state index contributed by atoms with van der Waals surface area (Å²) in [6, 6.07) is 0. The molecule has 0 aromatic rings. The molecule has 0 aromatic heterocycles. The first-order valence-electron chi connectivity index (χ1n) is 33.3. The van der Waals surface area contributed by atoms with Gasteiger partial charge in [0.15, 0.2) is 6.10 Å². The van der Waals surface area contributed by atoms with Crippen LogP contribution in [0.5, 0.6) is 0 Å². The zero-order chi connectivity index (χ0) is 53.6. The summed E-state index contributed by atoms with van der Waals surface area (Å²) in [4.78, 5) is 38.4. The van der Waals surface area contributed by atoms with Crippen LogP contribution in [0.2, 0.25) is 0 Å². The van der Waals surface area contributed by atoms with Crippen LogP contribution in [-0.4, -0.2) is 37.2 Å². The van der Waals surface area contributed by atoms with E-state index in [0.29, 0.717) is 19.3 Å². The molecule has 0 bridgehead atoms. The van der Waals surface area contributed by atoms with Crippen molar-refractivity contribution in [3.63, 3.8) is 0 Å². The minimum Gasteiger partial charge on any atom is -0.462 e. The van der Waals surface area contributed by atoms with Crippen molar-refractivity contribution >= 4 is 17.9 Å². The normalized spacial score (nSPS) is 12.1. The lowest BCUT2D eigenvalue weighted by Crippen LogP contribution is -2.30. The molecule has 436 valence electrons. The lowest BCUT2D eigenvalue weighted by Gasteiger charge is -2.18. The molecule has 74 heavy (non-hydrogen) atoms. The molecule has 6 nitrogen and oxygen atoms in total. The minimum absolute atomic E-state index is 0.0694. The maximum absolute atomic E-state index is 12.9. The van der Waals surface area contributed by atoms with Gasteiger partial charge < -0.3 is 14.2 Å². The number of esters is 3. The molecule has 0 spiro atoms. The molecule has 0 saturated heterocycles. The van der Waals surface area contributed by atoms with Gasteiger partial charge in [-0.2, -0.15) is 0 Å². The van der Waals surface area contributed by atoms with E-state index < -0.39 is 6.10 Å². The smallest absolute Gasteiger partial charge is 0.306 e. The predicted octanol–water partition coefficient (Wildman–Crippen LogP) is 22.6. The summed E-state index contributed by atoms with van der Waals surface area (Å²) in [7, 11) is 0. The van der Waals surface area contributed by atoms with E-state index in [4.69, 9.17) is 14.2 Å². The van der Waals surface area contributed by atoms with E-state index in [2.05, 4.69) is 45.1 Å². The second kappa shape index (κ2) is 63.4. The average Bonchev–Trinajstić information content (AvgIpc) is 3.40. The molecular weight excluding hydrogens is 913 g/mol. The fourth-order valence-corrected chi connectivity index (χ4v) is 10.2. The Bertz CT molecular complexity index is 1190. The van der Waals surface area contributed by atoms with Crippen molar-refractivity contribution in [1.82, 2.24) is 0 Å². The molecule has 0 aliphatic rings. The topological polar surface area (TPSA) is 78.9 Å². The number of hydrogen-bond donors (Lipinski definition) is 0. The Kier molecular flexibility index (Phi) is 61.6.